The maximum Gasteiger partial charge on any atom is 0.240 e. The van der Waals surface area contributed by atoms with E-state index in [0.717, 1.165) is 0 Å². The molecule has 0 amide bonds. The molecule has 0 saturated heterocycles. The SMILES string of the molecule is CNS(=O)(=O)c1cc(C#CCN)ccc1C. The van der Waals surface area contributed by atoms with Crippen molar-refractivity contribution in [3.8, 4) is 11.8 Å². The normalized spacial score (nSPS) is 10.7. The van der Waals surface area contributed by atoms with Crippen LogP contribution in [-0.4, -0.2) is 22.0 Å². The molecule has 0 saturated carbocycles. The molecule has 0 aliphatic rings. The van der Waals surface area contributed by atoms with Crippen LogP contribution in [0.15, 0.2) is 23.1 Å². The fraction of sp³-hybridized carbons (Fsp3) is 0.273. The molecule has 5 heteroatoms. The van der Waals surface area contributed by atoms with Crippen molar-refractivity contribution < 1.29 is 8.42 Å². The lowest BCUT2D eigenvalue weighted by Gasteiger charge is -2.06. The van der Waals surface area contributed by atoms with E-state index in [1.165, 1.54) is 7.05 Å². The van der Waals surface area contributed by atoms with E-state index in [0.29, 0.717) is 11.1 Å². The van der Waals surface area contributed by atoms with Crippen LogP contribution < -0.4 is 10.5 Å². The Balaban J connectivity index is 3.30. The predicted octanol–water partition coefficient (Wildman–Crippen LogP) is 0.213. The summed E-state index contributed by atoms with van der Waals surface area (Å²) >= 11 is 0. The van der Waals surface area contributed by atoms with Gasteiger partial charge >= 0.3 is 0 Å². The van der Waals surface area contributed by atoms with E-state index >= 15 is 0 Å². The van der Waals surface area contributed by atoms with Gasteiger partial charge in [-0.05, 0) is 31.7 Å². The van der Waals surface area contributed by atoms with Crippen LogP contribution in [0.2, 0.25) is 0 Å². The molecule has 16 heavy (non-hydrogen) atoms. The van der Waals surface area contributed by atoms with Crippen LogP contribution in [0.3, 0.4) is 0 Å². The van der Waals surface area contributed by atoms with Gasteiger partial charge < -0.3 is 5.73 Å². The summed E-state index contributed by atoms with van der Waals surface area (Å²) in [6.07, 6.45) is 0. The van der Waals surface area contributed by atoms with Gasteiger partial charge in [0, 0.05) is 5.56 Å². The van der Waals surface area contributed by atoms with Crippen LogP contribution in [0.5, 0.6) is 0 Å². The minimum Gasteiger partial charge on any atom is -0.320 e. The second-order valence-electron chi connectivity index (χ2n) is 3.19. The molecule has 0 aliphatic carbocycles. The number of hydrogen-bond donors (Lipinski definition) is 2. The molecule has 0 heterocycles. The van der Waals surface area contributed by atoms with E-state index in [1.54, 1.807) is 25.1 Å². The van der Waals surface area contributed by atoms with Crippen molar-refractivity contribution in [2.24, 2.45) is 5.73 Å². The lowest BCUT2D eigenvalue weighted by Crippen LogP contribution is -2.19. The summed E-state index contributed by atoms with van der Waals surface area (Å²) in [5.41, 5.74) is 6.58. The molecule has 1 aromatic carbocycles. The number of aryl methyl sites for hydroxylation is 1. The van der Waals surface area contributed by atoms with E-state index in [2.05, 4.69) is 16.6 Å². The van der Waals surface area contributed by atoms with Crippen molar-refractivity contribution in [2.45, 2.75) is 11.8 Å². The van der Waals surface area contributed by atoms with Gasteiger partial charge in [-0.15, -0.1) is 0 Å². The summed E-state index contributed by atoms with van der Waals surface area (Å²) < 4.78 is 25.6. The quantitative estimate of drug-likeness (QED) is 0.724. The summed E-state index contributed by atoms with van der Waals surface area (Å²) in [7, 11) is -2.04. The highest BCUT2D eigenvalue weighted by Crippen LogP contribution is 2.16. The van der Waals surface area contributed by atoms with Gasteiger partial charge in [0.2, 0.25) is 10.0 Å². The molecule has 0 spiro atoms. The molecule has 1 aromatic rings. The van der Waals surface area contributed by atoms with Gasteiger partial charge in [-0.3, -0.25) is 0 Å². The Morgan fingerprint density at radius 2 is 2.12 bits per heavy atom. The maximum atomic E-state index is 11.7. The Hall–Kier alpha value is -1.35. The van der Waals surface area contributed by atoms with Crippen LogP contribution in [0.25, 0.3) is 0 Å². The van der Waals surface area contributed by atoms with Gasteiger partial charge in [0.15, 0.2) is 0 Å². The largest absolute Gasteiger partial charge is 0.320 e. The van der Waals surface area contributed by atoms with Crippen LogP contribution in [0.4, 0.5) is 0 Å². The Morgan fingerprint density at radius 1 is 1.44 bits per heavy atom. The van der Waals surface area contributed by atoms with Crippen molar-refractivity contribution >= 4 is 10.0 Å². The van der Waals surface area contributed by atoms with Crippen molar-refractivity contribution in [1.82, 2.24) is 4.72 Å². The first-order chi connectivity index (χ1) is 7.51. The summed E-state index contributed by atoms with van der Waals surface area (Å²) in [5, 5.41) is 0. The fourth-order valence-electron chi connectivity index (χ4n) is 1.23. The van der Waals surface area contributed by atoms with E-state index in [9.17, 15) is 8.42 Å². The highest BCUT2D eigenvalue weighted by atomic mass is 32.2. The molecule has 4 nitrogen and oxygen atoms in total. The summed E-state index contributed by atoms with van der Waals surface area (Å²) in [5.74, 6) is 5.48. The van der Waals surface area contributed by atoms with Crippen LogP contribution >= 0.6 is 0 Å². The van der Waals surface area contributed by atoms with Gasteiger partial charge in [0.05, 0.1) is 11.4 Å². The first-order valence-corrected chi connectivity index (χ1v) is 6.22. The van der Waals surface area contributed by atoms with Crippen LogP contribution in [0, 0.1) is 18.8 Å². The van der Waals surface area contributed by atoms with Gasteiger partial charge in [0.1, 0.15) is 0 Å². The first kappa shape index (κ1) is 12.7. The molecular formula is C11H14N2O2S. The number of nitrogens with one attached hydrogen (secondary N) is 1. The molecule has 0 aromatic heterocycles. The van der Waals surface area contributed by atoms with Crippen molar-refractivity contribution in [3.63, 3.8) is 0 Å². The molecule has 86 valence electrons. The highest BCUT2D eigenvalue weighted by Gasteiger charge is 2.14. The predicted molar refractivity (Wildman–Crippen MR) is 63.4 cm³/mol. The van der Waals surface area contributed by atoms with Gasteiger partial charge in [-0.25, -0.2) is 13.1 Å². The smallest absolute Gasteiger partial charge is 0.240 e. The number of benzene rings is 1. The average Bonchev–Trinajstić information content (AvgIpc) is 2.27. The zero-order chi connectivity index (χ0) is 12.2. The third kappa shape index (κ3) is 2.83. The third-order valence-corrected chi connectivity index (χ3v) is 3.64. The second-order valence-corrected chi connectivity index (χ2v) is 5.05. The molecular weight excluding hydrogens is 224 g/mol. The number of nitrogens with two attached hydrogens (primary N) is 1. The summed E-state index contributed by atoms with van der Waals surface area (Å²) in [4.78, 5) is 0.249. The monoisotopic (exact) mass is 238 g/mol. The maximum absolute atomic E-state index is 11.7. The minimum atomic E-state index is -3.43. The molecule has 0 radical (unpaired) electrons. The first-order valence-electron chi connectivity index (χ1n) is 4.74. The molecule has 1 rings (SSSR count). The van der Waals surface area contributed by atoms with Gasteiger partial charge in [-0.2, -0.15) is 0 Å². The van der Waals surface area contributed by atoms with Crippen LogP contribution in [-0.2, 0) is 10.0 Å². The zero-order valence-corrected chi connectivity index (χ0v) is 10.1. The van der Waals surface area contributed by atoms with E-state index < -0.39 is 10.0 Å². The van der Waals surface area contributed by atoms with Crippen molar-refractivity contribution in [2.75, 3.05) is 13.6 Å². The average molecular weight is 238 g/mol. The van der Waals surface area contributed by atoms with Crippen molar-refractivity contribution in [1.29, 1.82) is 0 Å². The second kappa shape index (κ2) is 5.12. The third-order valence-electron chi connectivity index (χ3n) is 2.08. The Kier molecular flexibility index (Phi) is 4.07. The summed E-state index contributed by atoms with van der Waals surface area (Å²) in [6.45, 7) is 1.99. The molecule has 0 atom stereocenters. The number of hydrogen-bond acceptors (Lipinski definition) is 3. The lowest BCUT2D eigenvalue weighted by atomic mass is 10.1. The molecule has 0 bridgehead atoms. The molecule has 0 fully saturated rings. The lowest BCUT2D eigenvalue weighted by molar-refractivity contribution is 0.587. The standard InChI is InChI=1S/C11H14N2O2S/c1-9-5-6-10(4-3-7-12)8-11(9)16(14,15)13-2/h5-6,8,13H,7,12H2,1-2H3. The number of sulfonamides is 1. The zero-order valence-electron chi connectivity index (χ0n) is 9.24. The van der Waals surface area contributed by atoms with E-state index in [4.69, 9.17) is 5.73 Å². The van der Waals surface area contributed by atoms with Crippen molar-refractivity contribution in [3.05, 3.63) is 29.3 Å². The Morgan fingerprint density at radius 3 is 2.69 bits per heavy atom. The van der Waals surface area contributed by atoms with E-state index in [1.807, 2.05) is 0 Å². The van der Waals surface area contributed by atoms with Crippen LogP contribution in [0.1, 0.15) is 11.1 Å². The van der Waals surface area contributed by atoms with Gasteiger partial charge in [-0.1, -0.05) is 17.9 Å². The summed E-state index contributed by atoms with van der Waals surface area (Å²) in [6, 6.07) is 5.04. The topological polar surface area (TPSA) is 72.2 Å². The van der Waals surface area contributed by atoms with Gasteiger partial charge in [0.25, 0.3) is 0 Å². The highest BCUT2D eigenvalue weighted by molar-refractivity contribution is 7.89. The Labute approximate surface area is 95.9 Å². The van der Waals surface area contributed by atoms with E-state index in [-0.39, 0.29) is 11.4 Å². The number of rotatable bonds is 2. The fourth-order valence-corrected chi connectivity index (χ4v) is 2.22. The molecule has 0 unspecified atom stereocenters. The molecule has 0 aliphatic heterocycles. The minimum absolute atomic E-state index is 0.249. The Bertz CT molecular complexity index is 539. The molecule has 3 N–H and O–H groups in total.